The number of carbonyl (C=O) groups excluding carboxylic acids is 1. The molecule has 9 unspecified atom stereocenters. The van der Waals surface area contributed by atoms with Crippen LogP contribution in [0, 0.1) is 5.92 Å². The van der Waals surface area contributed by atoms with Gasteiger partial charge in [-0.25, -0.2) is 0 Å². The van der Waals surface area contributed by atoms with E-state index < -0.39 is 102 Å². The number of aliphatic carboxylic acids is 8. The number of carboxylic acid groups (broad SMARTS) is 8. The van der Waals surface area contributed by atoms with Crippen LogP contribution in [0.15, 0.2) is 4.99 Å². The van der Waals surface area contributed by atoms with E-state index in [9.17, 15) is 43.2 Å². The molecule has 30 nitrogen and oxygen atoms in total. The number of aliphatic hydroxyl groups is 1. The number of guanidine groups is 1. The van der Waals surface area contributed by atoms with Crippen LogP contribution in [0.3, 0.4) is 0 Å². The molecule has 0 saturated heterocycles. The maximum absolute atomic E-state index is 10.2. The van der Waals surface area contributed by atoms with Gasteiger partial charge >= 0.3 is 47.8 Å². The molecule has 1 amide bonds. The number of aliphatic hydroxyl groups excluding tert-OH is 1. The predicted molar refractivity (Wildman–Crippen MR) is 234 cm³/mol. The minimum atomic E-state index is -1.18. The van der Waals surface area contributed by atoms with Gasteiger partial charge in [-0.15, -0.1) is 0 Å². The number of primary amides is 1. The van der Waals surface area contributed by atoms with Crippen molar-refractivity contribution >= 4 is 59.6 Å². The summed E-state index contributed by atoms with van der Waals surface area (Å²) in [6.45, 7) is 7.53. The van der Waals surface area contributed by atoms with Crippen LogP contribution in [0.4, 0.5) is 0 Å². The Kier molecular flexibility index (Phi) is 52.2. The zero-order valence-corrected chi connectivity index (χ0v) is 37.2. The van der Waals surface area contributed by atoms with E-state index in [1.165, 1.54) is 13.8 Å². The average Bonchev–Trinajstić information content (AvgIpc) is 3.20. The van der Waals surface area contributed by atoms with Gasteiger partial charge in [0.05, 0.1) is 6.10 Å². The molecule has 0 heterocycles. The predicted octanol–water partition coefficient (Wildman–Crippen LogP) is -5.45. The van der Waals surface area contributed by atoms with E-state index in [0.29, 0.717) is 32.4 Å². The molecule has 30 heteroatoms. The van der Waals surface area contributed by atoms with Crippen LogP contribution in [0.1, 0.15) is 91.9 Å². The van der Waals surface area contributed by atoms with Crippen molar-refractivity contribution < 1.29 is 89.1 Å². The summed E-state index contributed by atoms with van der Waals surface area (Å²) >= 11 is 0. The Morgan fingerprint density at radius 2 is 0.831 bits per heavy atom. The fraction of sp³-hybridized carbons (Fsp3) is 0.714. The summed E-state index contributed by atoms with van der Waals surface area (Å²) in [5.74, 6) is -8.74. The summed E-state index contributed by atoms with van der Waals surface area (Å²) in [6, 6.07) is -6.16. The molecule has 0 fully saturated rings. The number of carbonyl (C=O) groups is 9. The minimum absolute atomic E-state index is 0.0129. The Hall–Kier alpha value is -5.86. The molecule has 0 rings (SSSR count). The van der Waals surface area contributed by atoms with Crippen LogP contribution >= 0.6 is 0 Å². The third kappa shape index (κ3) is 62.5. The van der Waals surface area contributed by atoms with Crippen molar-refractivity contribution in [2.75, 3.05) is 13.1 Å². The van der Waals surface area contributed by atoms with Crippen molar-refractivity contribution in [2.24, 2.45) is 74.0 Å². The summed E-state index contributed by atoms with van der Waals surface area (Å²) in [7, 11) is 0. The highest BCUT2D eigenvalue weighted by Gasteiger charge is 2.18. The van der Waals surface area contributed by atoms with Crippen LogP contribution in [0.2, 0.25) is 0 Å². The second kappa shape index (κ2) is 46.1. The number of nitrogens with zero attached hydrogens (tertiary/aromatic N) is 1. The van der Waals surface area contributed by atoms with Crippen molar-refractivity contribution in [2.45, 2.75) is 140 Å². The molecule has 0 bridgehead atoms. The van der Waals surface area contributed by atoms with Crippen molar-refractivity contribution in [3.63, 3.8) is 0 Å². The van der Waals surface area contributed by atoms with Gasteiger partial charge in [0.15, 0.2) is 5.96 Å². The van der Waals surface area contributed by atoms with Crippen LogP contribution in [-0.2, 0) is 43.2 Å². The molecule has 9 atom stereocenters. The van der Waals surface area contributed by atoms with Gasteiger partial charge in [-0.2, -0.15) is 0 Å². The van der Waals surface area contributed by atoms with Crippen LogP contribution < -0.4 is 63.1 Å². The van der Waals surface area contributed by atoms with Crippen molar-refractivity contribution in [3.8, 4) is 0 Å². The second-order valence-electron chi connectivity index (χ2n) is 13.4. The quantitative estimate of drug-likeness (QED) is 0.0244. The number of aliphatic imine (C=N–C) groups is 1. The number of unbranched alkanes of at least 4 members (excludes halogenated alkanes) is 1. The molecule has 0 saturated carbocycles. The smallest absolute Gasteiger partial charge is 0.323 e. The van der Waals surface area contributed by atoms with E-state index in [4.69, 9.17) is 109 Å². The van der Waals surface area contributed by atoms with Gasteiger partial charge in [-0.3, -0.25) is 48.1 Å². The summed E-state index contributed by atoms with van der Waals surface area (Å²) < 4.78 is 0. The fourth-order valence-corrected chi connectivity index (χ4v) is 2.80. The van der Waals surface area contributed by atoms with E-state index in [0.717, 1.165) is 19.3 Å². The normalized spacial score (nSPS) is 13.8. The Morgan fingerprint density at radius 3 is 1.05 bits per heavy atom. The van der Waals surface area contributed by atoms with Crippen molar-refractivity contribution in [3.05, 3.63) is 0 Å². The summed E-state index contributed by atoms with van der Waals surface area (Å²) in [6.07, 6.45) is 2.85. The lowest BCUT2D eigenvalue weighted by atomic mass is 10.0. The third-order valence-electron chi connectivity index (χ3n) is 7.31. The van der Waals surface area contributed by atoms with Crippen molar-refractivity contribution in [1.82, 2.24) is 0 Å². The molecular weight excluding hydrogens is 876 g/mol. The number of rotatable bonds is 24. The molecule has 0 aliphatic heterocycles. The van der Waals surface area contributed by atoms with Crippen molar-refractivity contribution in [1.29, 1.82) is 0 Å². The van der Waals surface area contributed by atoms with Gasteiger partial charge in [0.1, 0.15) is 42.3 Å². The largest absolute Gasteiger partial charge is 0.481 e. The highest BCUT2D eigenvalue weighted by molar-refractivity contribution is 5.77. The highest BCUT2D eigenvalue weighted by atomic mass is 16.4. The van der Waals surface area contributed by atoms with Gasteiger partial charge in [-0.05, 0) is 64.8 Å². The molecule has 0 aromatic heterocycles. The lowest BCUT2D eigenvalue weighted by Crippen LogP contribution is -2.39. The maximum Gasteiger partial charge on any atom is 0.323 e. The number of hydrogen-bond acceptors (Lipinski definition) is 19. The molecule has 0 spiro atoms. The molecule has 384 valence electrons. The number of nitrogens with two attached hydrogens (primary N) is 11. The fourth-order valence-electron chi connectivity index (χ4n) is 2.80. The topological polar surface area (TPSA) is 634 Å². The Labute approximate surface area is 375 Å². The first-order valence-corrected chi connectivity index (χ1v) is 19.4. The van der Waals surface area contributed by atoms with Crippen LogP contribution in [0.25, 0.3) is 0 Å². The zero-order valence-electron chi connectivity index (χ0n) is 37.2. The highest BCUT2D eigenvalue weighted by Crippen LogP contribution is 2.04. The third-order valence-corrected chi connectivity index (χ3v) is 7.31. The lowest BCUT2D eigenvalue weighted by molar-refractivity contribution is -0.141. The molecule has 0 aromatic rings. The zero-order chi connectivity index (χ0) is 53.2. The molecule has 0 aliphatic rings. The molecule has 65 heavy (non-hydrogen) atoms. The summed E-state index contributed by atoms with van der Waals surface area (Å²) in [5.41, 5.74) is 55.6. The number of hydrogen-bond donors (Lipinski definition) is 20. The molecule has 31 N–H and O–H groups in total. The van der Waals surface area contributed by atoms with Gasteiger partial charge in [0, 0.05) is 19.4 Å². The first-order chi connectivity index (χ1) is 29.6. The first-order valence-electron chi connectivity index (χ1n) is 19.4. The summed E-state index contributed by atoms with van der Waals surface area (Å²) in [5, 5.41) is 74.0. The Balaban J connectivity index is -0.000000122. The summed E-state index contributed by atoms with van der Waals surface area (Å²) in [4.78, 5) is 93.6. The number of carboxylic acids is 8. The second-order valence-corrected chi connectivity index (χ2v) is 13.4. The first kappa shape index (κ1) is 73.5. The maximum atomic E-state index is 10.2. The molecule has 0 radical (unpaired) electrons. The van der Waals surface area contributed by atoms with E-state index in [1.54, 1.807) is 0 Å². The Morgan fingerprint density at radius 1 is 0.492 bits per heavy atom. The molecule has 0 aromatic carbocycles. The van der Waals surface area contributed by atoms with Gasteiger partial charge < -0.3 is 109 Å². The monoisotopic (exact) mass is 953 g/mol. The van der Waals surface area contributed by atoms with E-state index in [1.807, 2.05) is 13.8 Å². The molecule has 0 aliphatic carbocycles. The number of amides is 1. The SMILES string of the molecule is CC(N)C(=O)O.CC(O)C(N)C(=O)O.CCC(C)C(N)C(=O)O.NC(=O)CCC(N)C(=O)O.NC(CCC(=O)O)C(=O)O.NC(N)=NCCCC(N)C(=O)O.NCCCCC(N)C(=O)O. The van der Waals surface area contributed by atoms with E-state index in [2.05, 4.69) is 4.99 Å². The molecular formula is C35H76N12O18. The minimum Gasteiger partial charge on any atom is -0.481 e. The van der Waals surface area contributed by atoms with Gasteiger partial charge in [-0.1, -0.05) is 26.7 Å². The Bertz CT molecular complexity index is 1350. The van der Waals surface area contributed by atoms with Gasteiger partial charge in [0.25, 0.3) is 0 Å². The van der Waals surface area contributed by atoms with E-state index >= 15 is 0 Å². The van der Waals surface area contributed by atoms with Gasteiger partial charge in [0.2, 0.25) is 5.91 Å². The van der Waals surface area contributed by atoms with E-state index in [-0.39, 0.29) is 37.6 Å². The standard InChI is InChI=1S/C6H14N4O2.C6H14N2O2.C6H13NO2.C5H10N2O3.C5H9NO4.C4H9NO3.C3H7NO2/c7-4(5(11)12)2-1-3-10-6(8)9;7-4-2-1-3-5(8)6(9)10;1-3-4(2)5(7)6(8)9;2*6-3(5(9)10)1-2-4(7)8;1-2(6)3(5)4(7)8;1-2(4)3(5)6/h4H,1-3,7H2,(H,11,12)(H4,8,9,10);5H,1-4,7-8H2,(H,9,10);4-5H,3,7H2,1-2H3,(H,8,9);3H,1-2,6H2,(H2,7,8)(H,9,10);3H,1-2,6H2,(H,7,8)(H,9,10);2-3,6H,5H2,1H3,(H,7,8);2H,4H2,1H3,(H,5,6). The lowest BCUT2D eigenvalue weighted by Gasteiger charge is -2.11. The average molecular weight is 953 g/mol. The van der Waals surface area contributed by atoms with Crippen LogP contribution in [-0.4, -0.2) is 167 Å². The van der Waals surface area contributed by atoms with Crippen LogP contribution in [0.5, 0.6) is 0 Å².